The van der Waals surface area contributed by atoms with Crippen molar-refractivity contribution < 1.29 is 0 Å². The van der Waals surface area contributed by atoms with Crippen molar-refractivity contribution in [2.75, 3.05) is 5.43 Å². The van der Waals surface area contributed by atoms with E-state index < -0.39 is 0 Å². The first-order valence-electron chi connectivity index (χ1n) is 6.33. The van der Waals surface area contributed by atoms with Gasteiger partial charge in [-0.3, -0.25) is 5.43 Å². The molecule has 0 radical (unpaired) electrons. The number of rotatable bonds is 3. The highest BCUT2D eigenvalue weighted by atomic mass is 79.9. The van der Waals surface area contributed by atoms with Gasteiger partial charge < -0.3 is 0 Å². The summed E-state index contributed by atoms with van der Waals surface area (Å²) in [5, 5.41) is 14.2. The van der Waals surface area contributed by atoms with Crippen molar-refractivity contribution in [3.05, 3.63) is 54.8 Å². The first-order valence-corrected chi connectivity index (χ1v) is 9.52. The molecule has 0 unspecified atom stereocenters. The topological polar surface area (TPSA) is 61.1 Å². The van der Waals surface area contributed by atoms with Gasteiger partial charge in [0, 0.05) is 13.4 Å². The van der Waals surface area contributed by atoms with Gasteiger partial charge in [-0.15, -0.1) is 11.3 Å². The maximum atomic E-state index is 9.38. The molecule has 8 heteroatoms. The van der Waals surface area contributed by atoms with Gasteiger partial charge >= 0.3 is 0 Å². The van der Waals surface area contributed by atoms with E-state index >= 15 is 0 Å². The van der Waals surface area contributed by atoms with Crippen LogP contribution >= 0.6 is 59.1 Å². The summed E-state index contributed by atoms with van der Waals surface area (Å²) < 4.78 is 3.60. The van der Waals surface area contributed by atoms with Gasteiger partial charge in [0.05, 0.1) is 15.9 Å². The van der Waals surface area contributed by atoms with Gasteiger partial charge in [0.25, 0.3) is 0 Å². The minimum atomic E-state index is 0.243. The predicted molar refractivity (Wildman–Crippen MR) is 105 cm³/mol. The third-order valence-electron chi connectivity index (χ3n) is 2.89. The largest absolute Gasteiger partial charge is 0.275 e. The molecule has 4 nitrogen and oxygen atoms in total. The van der Waals surface area contributed by atoms with Crippen LogP contribution in [0, 0.1) is 11.3 Å². The van der Waals surface area contributed by atoms with Crippen LogP contribution in [0.3, 0.4) is 0 Å². The minimum absolute atomic E-state index is 0.243. The van der Waals surface area contributed by atoms with Crippen LogP contribution in [0.25, 0.3) is 10.2 Å². The van der Waals surface area contributed by atoms with Gasteiger partial charge in [0.1, 0.15) is 6.07 Å². The number of nitriles is 1. The molecule has 0 spiro atoms. The van der Waals surface area contributed by atoms with Crippen LogP contribution < -0.4 is 5.43 Å². The average molecular weight is 515 g/mol. The second kappa shape index (κ2) is 7.09. The second-order valence-corrected chi connectivity index (χ2v) is 8.07. The van der Waals surface area contributed by atoms with E-state index in [2.05, 4.69) is 69.4 Å². The Morgan fingerprint density at radius 2 is 1.87 bits per heavy atom. The molecule has 114 valence electrons. The Hall–Kier alpha value is -1.27. The molecule has 0 saturated heterocycles. The fourth-order valence-electron chi connectivity index (χ4n) is 1.85. The lowest BCUT2D eigenvalue weighted by molar-refractivity contribution is 1.30. The third kappa shape index (κ3) is 3.63. The van der Waals surface area contributed by atoms with E-state index in [0.29, 0.717) is 5.01 Å². The molecule has 2 aromatic carbocycles. The summed E-state index contributed by atoms with van der Waals surface area (Å²) in [6.45, 7) is 0. The summed E-state index contributed by atoms with van der Waals surface area (Å²) in [6, 6.07) is 13.6. The number of aromatic nitrogens is 1. The molecule has 0 aliphatic heterocycles. The van der Waals surface area contributed by atoms with Crippen LogP contribution in [0.15, 0.2) is 54.9 Å². The number of halogens is 3. The fraction of sp³-hybridized carbons (Fsp3) is 0. The smallest absolute Gasteiger partial charge is 0.196 e. The van der Waals surface area contributed by atoms with Crippen molar-refractivity contribution in [1.82, 2.24) is 4.98 Å². The molecule has 3 rings (SSSR count). The summed E-state index contributed by atoms with van der Waals surface area (Å²) in [6.07, 6.45) is 0. The molecule has 3 aromatic rings. The Kier molecular flexibility index (Phi) is 5.11. The van der Waals surface area contributed by atoms with E-state index in [9.17, 15) is 5.26 Å². The lowest BCUT2D eigenvalue weighted by atomic mass is 10.3. The summed E-state index contributed by atoms with van der Waals surface area (Å²) in [4.78, 5) is 4.45. The van der Waals surface area contributed by atoms with Gasteiger partial charge in [-0.05, 0) is 56.1 Å². The van der Waals surface area contributed by atoms with Crippen molar-refractivity contribution in [3.8, 4) is 6.07 Å². The van der Waals surface area contributed by atoms with Crippen molar-refractivity contribution in [3.63, 3.8) is 0 Å². The summed E-state index contributed by atoms with van der Waals surface area (Å²) in [5.74, 6) is 0. The number of fused-ring (bicyclic) bond motifs is 1. The van der Waals surface area contributed by atoms with E-state index in [1.165, 1.54) is 11.3 Å². The Morgan fingerprint density at radius 3 is 2.52 bits per heavy atom. The van der Waals surface area contributed by atoms with Crippen LogP contribution in [-0.2, 0) is 0 Å². The predicted octanol–water partition coefficient (Wildman–Crippen LogP) is 5.92. The number of anilines is 1. The van der Waals surface area contributed by atoms with Crippen molar-refractivity contribution >= 4 is 80.7 Å². The van der Waals surface area contributed by atoms with E-state index in [-0.39, 0.29) is 5.71 Å². The Labute approximate surface area is 161 Å². The number of nitrogens with one attached hydrogen (secondary N) is 1. The highest BCUT2D eigenvalue weighted by Gasteiger charge is 2.11. The molecular weight excluding hydrogens is 508 g/mol. The Bertz CT molecular complexity index is 903. The second-order valence-electron chi connectivity index (χ2n) is 4.42. The quantitative estimate of drug-likeness (QED) is 0.348. The molecule has 0 amide bonds. The van der Waals surface area contributed by atoms with E-state index in [4.69, 9.17) is 0 Å². The van der Waals surface area contributed by atoms with E-state index in [1.54, 1.807) is 0 Å². The zero-order valence-electron chi connectivity index (χ0n) is 11.3. The third-order valence-corrected chi connectivity index (χ3v) is 5.64. The zero-order valence-corrected chi connectivity index (χ0v) is 16.9. The molecule has 0 saturated carbocycles. The molecule has 0 bridgehead atoms. The van der Waals surface area contributed by atoms with Crippen molar-refractivity contribution in [2.45, 2.75) is 0 Å². The van der Waals surface area contributed by atoms with Gasteiger partial charge in [-0.25, -0.2) is 4.98 Å². The first kappa shape index (κ1) is 16.6. The highest BCUT2D eigenvalue weighted by Crippen LogP contribution is 2.34. The molecule has 1 heterocycles. The molecule has 0 aliphatic rings. The number of nitrogens with zero attached hydrogens (tertiary/aromatic N) is 3. The Balaban J connectivity index is 1.95. The van der Waals surface area contributed by atoms with Crippen LogP contribution in [0.1, 0.15) is 5.01 Å². The van der Waals surface area contributed by atoms with Gasteiger partial charge in [-0.1, -0.05) is 28.1 Å². The lowest BCUT2D eigenvalue weighted by Gasteiger charge is -2.07. The molecule has 0 atom stereocenters. The van der Waals surface area contributed by atoms with Gasteiger partial charge in [0.15, 0.2) is 10.7 Å². The molecule has 1 aromatic heterocycles. The minimum Gasteiger partial charge on any atom is -0.275 e. The van der Waals surface area contributed by atoms with Crippen LogP contribution in [0.2, 0.25) is 0 Å². The zero-order chi connectivity index (χ0) is 16.4. The number of hydrogen-bond acceptors (Lipinski definition) is 5. The van der Waals surface area contributed by atoms with Gasteiger partial charge in [-0.2, -0.15) is 10.4 Å². The molecule has 1 N–H and O–H groups in total. The summed E-state index contributed by atoms with van der Waals surface area (Å²) in [5.41, 5.74) is 4.76. The number of thiazole rings is 1. The van der Waals surface area contributed by atoms with E-state index in [1.807, 2.05) is 36.4 Å². The number of benzene rings is 2. The summed E-state index contributed by atoms with van der Waals surface area (Å²) >= 11 is 11.8. The molecular formula is C15H7Br3N4S. The maximum Gasteiger partial charge on any atom is 0.196 e. The number of para-hydroxylation sites is 1. The highest BCUT2D eigenvalue weighted by molar-refractivity contribution is 9.11. The van der Waals surface area contributed by atoms with Crippen LogP contribution in [-0.4, -0.2) is 10.7 Å². The van der Waals surface area contributed by atoms with Crippen LogP contribution in [0.5, 0.6) is 0 Å². The summed E-state index contributed by atoms with van der Waals surface area (Å²) in [7, 11) is 0. The molecule has 23 heavy (non-hydrogen) atoms. The monoisotopic (exact) mass is 512 g/mol. The number of hydrogen-bond donors (Lipinski definition) is 1. The molecule has 0 fully saturated rings. The SMILES string of the molecule is N#C/C(=N\Nc1c(Br)cc(Br)cc1Br)c1nc2ccccc2s1. The van der Waals surface area contributed by atoms with Crippen molar-refractivity contribution in [1.29, 1.82) is 5.26 Å². The Morgan fingerprint density at radius 1 is 1.17 bits per heavy atom. The van der Waals surface area contributed by atoms with Gasteiger partial charge in [0.2, 0.25) is 0 Å². The maximum absolute atomic E-state index is 9.38. The first-order chi connectivity index (χ1) is 11.1. The number of hydrazone groups is 1. The van der Waals surface area contributed by atoms with Crippen LogP contribution in [0.4, 0.5) is 5.69 Å². The van der Waals surface area contributed by atoms with E-state index in [0.717, 1.165) is 29.3 Å². The fourth-order valence-corrected chi connectivity index (χ4v) is 5.20. The van der Waals surface area contributed by atoms with Crippen molar-refractivity contribution in [2.24, 2.45) is 5.10 Å². The lowest BCUT2D eigenvalue weighted by Crippen LogP contribution is -2.02. The average Bonchev–Trinajstić information content (AvgIpc) is 2.93. The normalized spacial score (nSPS) is 11.5. The standard InChI is InChI=1S/C15H7Br3N4S/c16-8-5-9(17)14(10(18)6-8)22-21-12(7-19)15-20-11-3-1-2-4-13(11)23-15/h1-6,22H/b21-12+. The molecule has 0 aliphatic carbocycles.